The number of alkyl carbamates (subject to hydrolysis) is 2. The maximum absolute atomic E-state index is 15.1. The molecule has 2 fully saturated rings. The minimum Gasteiger partial charge on any atom is -0.488 e. The summed E-state index contributed by atoms with van der Waals surface area (Å²) in [5.41, 5.74) is 3.93. The van der Waals surface area contributed by atoms with Gasteiger partial charge in [0.15, 0.2) is 0 Å². The highest BCUT2D eigenvalue weighted by atomic mass is 16.5. The van der Waals surface area contributed by atoms with Crippen molar-refractivity contribution in [3.63, 3.8) is 0 Å². The van der Waals surface area contributed by atoms with E-state index in [1.807, 2.05) is 53.4 Å². The van der Waals surface area contributed by atoms with Gasteiger partial charge in [-0.25, -0.2) is 19.6 Å². The smallest absolute Gasteiger partial charge is 0.407 e. The van der Waals surface area contributed by atoms with Crippen LogP contribution < -0.4 is 15.4 Å². The van der Waals surface area contributed by atoms with Crippen LogP contribution in [0.5, 0.6) is 5.75 Å². The Morgan fingerprint density at radius 2 is 1.38 bits per heavy atom. The quantitative estimate of drug-likeness (QED) is 0.0884. The van der Waals surface area contributed by atoms with Crippen LogP contribution in [0.15, 0.2) is 48.7 Å². The molecule has 0 bridgehead atoms. The average Bonchev–Trinajstić information content (AvgIpc) is 4.15. The zero-order chi connectivity index (χ0) is 52.9. The van der Waals surface area contributed by atoms with E-state index in [-0.39, 0.29) is 35.1 Å². The first-order valence-corrected chi connectivity index (χ1v) is 25.6. The highest BCUT2D eigenvalue weighted by molar-refractivity contribution is 6.71. The van der Waals surface area contributed by atoms with Crippen LogP contribution in [0.25, 0.3) is 44.2 Å². The van der Waals surface area contributed by atoms with Gasteiger partial charge in [-0.3, -0.25) is 9.59 Å². The van der Waals surface area contributed by atoms with E-state index < -0.39 is 43.8 Å². The number of carbonyl (C=O) groups excluding carboxylic acids is 4. The molecule has 0 unspecified atom stereocenters. The number of aromatic amines is 2. The maximum atomic E-state index is 15.1. The number of nitrogens with one attached hydrogen (secondary N) is 4. The third-order valence-corrected chi connectivity index (χ3v) is 18.4. The van der Waals surface area contributed by atoms with Crippen molar-refractivity contribution in [2.75, 3.05) is 20.8 Å². The van der Waals surface area contributed by atoms with Crippen molar-refractivity contribution in [3.8, 4) is 28.1 Å². The minimum absolute atomic E-state index is 0.0874. The third kappa shape index (κ3) is 8.43. The van der Waals surface area contributed by atoms with Crippen LogP contribution >= 0.6 is 0 Å². The third-order valence-electron chi connectivity index (χ3n) is 18.4. The molecule has 0 radical (unpaired) electrons. The van der Waals surface area contributed by atoms with E-state index in [0.29, 0.717) is 24.8 Å². The Kier molecular flexibility index (Phi) is 13.5. The number of hydrogen-bond donors (Lipinski definition) is 4. The minimum atomic E-state index is -1.32. The largest absolute Gasteiger partial charge is 0.488 e. The summed E-state index contributed by atoms with van der Waals surface area (Å²) in [7, 11) is 31.4. The molecule has 3 aliphatic rings. The van der Waals surface area contributed by atoms with Crippen molar-refractivity contribution in [3.05, 3.63) is 65.9 Å². The van der Waals surface area contributed by atoms with Crippen LogP contribution in [0.1, 0.15) is 61.9 Å². The van der Waals surface area contributed by atoms with Gasteiger partial charge < -0.3 is 44.6 Å². The van der Waals surface area contributed by atoms with Gasteiger partial charge in [-0.05, 0) is 78.9 Å². The van der Waals surface area contributed by atoms with Gasteiger partial charge in [0.1, 0.15) is 47.5 Å². The molecule has 15 nitrogen and oxygen atoms in total. The standard InChI is InChI=1S/C43H64B14N8O7/c1-18-6-11-28(65(18)34(67)38(45,63-36(69)71-3)40(47,48)43(55,56)57)32-59-25-10-8-19-14-24-22-9-7-20(13-21(22)17-72-29(24)15-23(19)30(25)61-32)26-16-58-31(60-26)27-5-4-12-64(27)33(66)37(44,62-35(68)70-2)39(46,41(49,50)51)42(52,53)54/h7-10,13-16,18,27-28H,4-6,11-12,17,44-57H2,1-3H3,(H,58,60)(H,59,61)(H,62,68)(H,63,69)/t18-,27-,28-,37+,38+/m0/s1. The summed E-state index contributed by atoms with van der Waals surface area (Å²) in [4.78, 5) is 77.0. The molecule has 29 heteroatoms. The van der Waals surface area contributed by atoms with Gasteiger partial charge in [0.05, 0.1) is 146 Å². The van der Waals surface area contributed by atoms with Gasteiger partial charge >= 0.3 is 12.2 Å². The summed E-state index contributed by atoms with van der Waals surface area (Å²) >= 11 is 0. The summed E-state index contributed by atoms with van der Waals surface area (Å²) in [6, 6.07) is 14.0. The van der Waals surface area contributed by atoms with Gasteiger partial charge in [0, 0.05) is 23.5 Å². The number of aromatic nitrogens is 4. The van der Waals surface area contributed by atoms with Crippen LogP contribution in [-0.4, -0.2) is 201 Å². The second kappa shape index (κ2) is 18.3. The molecule has 5 heterocycles. The molecular formula is C43H64B14N8O7. The fraction of sp³-hybridized carbons (Fsp3) is 0.442. The van der Waals surface area contributed by atoms with Crippen molar-refractivity contribution in [2.24, 2.45) is 0 Å². The van der Waals surface area contributed by atoms with Gasteiger partial charge in [0.25, 0.3) is 0 Å². The van der Waals surface area contributed by atoms with Gasteiger partial charge in [-0.2, -0.15) is 0 Å². The summed E-state index contributed by atoms with van der Waals surface area (Å²) in [5.74, 6) is 1.83. The van der Waals surface area contributed by atoms with E-state index in [1.54, 1.807) is 0 Å². The molecular weight excluding hydrogens is 892 g/mol. The number of hydrogen-bond acceptors (Lipinski definition) is 9. The number of likely N-dealkylation sites (tertiary alicyclic amines) is 2. The molecule has 2 aromatic heterocycles. The Hall–Kier alpha value is -5.21. The number of ether oxygens (including phenoxy) is 3. The molecule has 4 N–H and O–H groups in total. The fourth-order valence-corrected chi connectivity index (χ4v) is 12.5. The Morgan fingerprint density at radius 1 is 0.722 bits per heavy atom. The number of imidazole rings is 2. The molecule has 72 heavy (non-hydrogen) atoms. The zero-order valence-electron chi connectivity index (χ0n) is 45.7. The van der Waals surface area contributed by atoms with E-state index in [2.05, 4.69) is 142 Å². The normalized spacial score (nSPS) is 20.1. The number of nitrogens with zero attached hydrogens (tertiary/aromatic N) is 4. The Labute approximate surface area is 436 Å². The molecule has 4 amide bonds. The predicted octanol–water partition coefficient (Wildman–Crippen LogP) is -7.15. The molecule has 5 atom stereocenters. The summed E-state index contributed by atoms with van der Waals surface area (Å²) in [6.45, 7) is 2.96. The number of methoxy groups -OCH3 is 2. The molecule has 3 aromatic carbocycles. The van der Waals surface area contributed by atoms with Crippen LogP contribution in [-0.2, 0) is 25.7 Å². The lowest BCUT2D eigenvalue weighted by Gasteiger charge is -2.62. The lowest BCUT2D eigenvalue weighted by atomic mass is 9.11. The first-order chi connectivity index (χ1) is 33.4. The maximum Gasteiger partial charge on any atom is 0.407 e. The Morgan fingerprint density at radius 3 is 2.00 bits per heavy atom. The Bertz CT molecular complexity index is 2980. The second-order valence-electron chi connectivity index (χ2n) is 24.8. The molecule has 5 aromatic rings. The van der Waals surface area contributed by atoms with E-state index in [4.69, 9.17) is 24.2 Å². The zero-order valence-corrected chi connectivity index (χ0v) is 45.7. The van der Waals surface area contributed by atoms with Crippen molar-refractivity contribution >= 4 is 156 Å². The molecule has 360 valence electrons. The second-order valence-corrected chi connectivity index (χ2v) is 24.8. The lowest BCUT2D eigenvalue weighted by molar-refractivity contribution is -0.138. The molecule has 2 saturated heterocycles. The molecule has 8 rings (SSSR count). The highest BCUT2D eigenvalue weighted by Gasteiger charge is 2.62. The molecule has 3 aliphatic heterocycles. The van der Waals surface area contributed by atoms with Crippen molar-refractivity contribution in [2.45, 2.75) is 94.1 Å². The monoisotopic (exact) mass is 959 g/mol. The Balaban J connectivity index is 1.07. The van der Waals surface area contributed by atoms with E-state index in [0.717, 1.165) is 81.2 Å². The first kappa shape index (κ1) is 53.1. The molecule has 0 spiro atoms. The number of benzene rings is 3. The SMILES string of the molecule is BC(B)(B)C(B)(B)[C@](B)(NC(=O)OC)C(=O)N1[C@@H](C)CC[C@H]1c1nc2ccc3cc4c(cc3c2[nH]1)OCc1cc(-c2cnc([C@@H]3CCCN3C(=O)[C@@](B)(NC(=O)OC)C(B)(C(B)(B)B)C(B)(B)B)[nH]2)ccc1-4. The van der Waals surface area contributed by atoms with Crippen LogP contribution in [0, 0.1) is 0 Å². The number of fused-ring (bicyclic) bond motifs is 6. The van der Waals surface area contributed by atoms with Crippen molar-refractivity contribution in [1.82, 2.24) is 40.4 Å². The predicted molar refractivity (Wildman–Crippen MR) is 323 cm³/mol. The van der Waals surface area contributed by atoms with E-state index in [9.17, 15) is 14.4 Å². The highest BCUT2D eigenvalue weighted by Crippen LogP contribution is 2.62. The summed E-state index contributed by atoms with van der Waals surface area (Å²) < 4.78 is 16.7. The summed E-state index contributed by atoms with van der Waals surface area (Å²) in [6.07, 6.45) is 3.57. The number of rotatable bonds is 12. The van der Waals surface area contributed by atoms with E-state index >= 15 is 4.79 Å². The summed E-state index contributed by atoms with van der Waals surface area (Å²) in [5, 5.41) is 5.45. The van der Waals surface area contributed by atoms with Gasteiger partial charge in [-0.1, -0.05) is 28.7 Å². The van der Waals surface area contributed by atoms with Crippen LogP contribution in [0.4, 0.5) is 9.59 Å². The van der Waals surface area contributed by atoms with E-state index in [1.165, 1.54) is 14.2 Å². The molecule has 0 aliphatic carbocycles. The number of H-pyrrole nitrogens is 2. The lowest BCUT2D eigenvalue weighted by Crippen LogP contribution is -2.72. The topological polar surface area (TPSA) is 184 Å². The number of carbonyl (C=O) groups is 4. The van der Waals surface area contributed by atoms with Crippen LogP contribution in [0.2, 0.25) is 25.9 Å². The number of amides is 4. The van der Waals surface area contributed by atoms with Gasteiger partial charge in [0.2, 0.25) is 11.8 Å². The fourth-order valence-electron chi connectivity index (χ4n) is 12.5. The van der Waals surface area contributed by atoms with Crippen LogP contribution in [0.3, 0.4) is 0 Å². The van der Waals surface area contributed by atoms with Crippen molar-refractivity contribution in [1.29, 1.82) is 0 Å². The first-order valence-electron chi connectivity index (χ1n) is 25.6. The average molecular weight is 956 g/mol. The van der Waals surface area contributed by atoms with Gasteiger partial charge in [-0.15, -0.1) is 15.3 Å². The van der Waals surface area contributed by atoms with Crippen molar-refractivity contribution < 1.29 is 33.4 Å². The molecule has 0 saturated carbocycles.